The first-order valence-corrected chi connectivity index (χ1v) is 8.52. The molecule has 0 bridgehead atoms. The monoisotopic (exact) mass is 377 g/mol. The van der Waals surface area contributed by atoms with E-state index in [1.165, 1.54) is 33.5 Å². The van der Waals surface area contributed by atoms with E-state index < -0.39 is 11.6 Å². The van der Waals surface area contributed by atoms with Crippen LogP contribution in [0, 0.1) is 11.6 Å². The summed E-state index contributed by atoms with van der Waals surface area (Å²) < 4.78 is 43.0. The highest BCUT2D eigenvalue weighted by molar-refractivity contribution is 5.96. The van der Waals surface area contributed by atoms with Crippen molar-refractivity contribution in [3.63, 3.8) is 0 Å². The maximum absolute atomic E-state index is 14.0. The lowest BCUT2D eigenvalue weighted by Gasteiger charge is -2.19. The van der Waals surface area contributed by atoms with Crippen molar-refractivity contribution < 1.29 is 27.8 Å². The normalized spacial score (nSPS) is 16.3. The van der Waals surface area contributed by atoms with Crippen LogP contribution in [0.3, 0.4) is 0 Å². The molecule has 0 spiro atoms. The van der Waals surface area contributed by atoms with Crippen LogP contribution in [0.1, 0.15) is 28.3 Å². The van der Waals surface area contributed by atoms with Crippen molar-refractivity contribution in [1.82, 2.24) is 4.90 Å². The van der Waals surface area contributed by atoms with Crippen LogP contribution in [0.25, 0.3) is 0 Å². The number of carbonyl (C=O) groups excluding carboxylic acids is 1. The van der Waals surface area contributed by atoms with E-state index in [4.69, 9.17) is 14.2 Å². The molecule has 0 aliphatic carbocycles. The summed E-state index contributed by atoms with van der Waals surface area (Å²) in [4.78, 5) is 14.6. The van der Waals surface area contributed by atoms with Gasteiger partial charge in [-0.25, -0.2) is 8.78 Å². The largest absolute Gasteiger partial charge is 0.493 e. The van der Waals surface area contributed by atoms with Crippen LogP contribution in [0.15, 0.2) is 30.3 Å². The lowest BCUT2D eigenvalue weighted by Crippen LogP contribution is -2.28. The van der Waals surface area contributed by atoms with E-state index in [2.05, 4.69) is 0 Å². The molecule has 0 radical (unpaired) electrons. The number of ether oxygens (including phenoxy) is 3. The second kappa shape index (κ2) is 7.82. The number of nitrogens with zero attached hydrogens (tertiary/aromatic N) is 1. The van der Waals surface area contributed by atoms with Crippen LogP contribution in [0.5, 0.6) is 17.2 Å². The van der Waals surface area contributed by atoms with Crippen molar-refractivity contribution in [3.05, 3.63) is 53.1 Å². The van der Waals surface area contributed by atoms with Gasteiger partial charge in [0.05, 0.1) is 21.3 Å². The Morgan fingerprint density at radius 3 is 2.26 bits per heavy atom. The molecule has 1 heterocycles. The number of carbonyl (C=O) groups is 1. The first kappa shape index (κ1) is 18.9. The Hall–Kier alpha value is -2.83. The van der Waals surface area contributed by atoms with Crippen molar-refractivity contribution in [2.45, 2.75) is 12.3 Å². The van der Waals surface area contributed by atoms with Gasteiger partial charge >= 0.3 is 0 Å². The number of hydrogen-bond acceptors (Lipinski definition) is 4. The van der Waals surface area contributed by atoms with Crippen LogP contribution < -0.4 is 14.2 Å². The van der Waals surface area contributed by atoms with Gasteiger partial charge in [-0.05, 0) is 30.2 Å². The topological polar surface area (TPSA) is 48.0 Å². The minimum Gasteiger partial charge on any atom is -0.493 e. The minimum atomic E-state index is -0.611. The molecule has 2 aromatic rings. The maximum atomic E-state index is 14.0. The van der Waals surface area contributed by atoms with E-state index >= 15 is 0 Å². The van der Waals surface area contributed by atoms with E-state index in [1.807, 2.05) is 0 Å². The quantitative estimate of drug-likeness (QED) is 0.799. The van der Waals surface area contributed by atoms with Crippen LogP contribution >= 0.6 is 0 Å². The Bertz CT molecular complexity index is 831. The summed E-state index contributed by atoms with van der Waals surface area (Å²) in [7, 11) is 4.45. The molecule has 1 atom stereocenters. The Kier molecular flexibility index (Phi) is 5.48. The van der Waals surface area contributed by atoms with Crippen LogP contribution in [0.2, 0.25) is 0 Å². The molecule has 0 aromatic heterocycles. The predicted octanol–water partition coefficient (Wildman–Crippen LogP) is 3.62. The number of rotatable bonds is 5. The Morgan fingerprint density at radius 1 is 1.04 bits per heavy atom. The molecule has 27 heavy (non-hydrogen) atoms. The van der Waals surface area contributed by atoms with Crippen molar-refractivity contribution in [2.75, 3.05) is 34.4 Å². The molecule has 3 rings (SSSR count). The first-order chi connectivity index (χ1) is 13.0. The summed E-state index contributed by atoms with van der Waals surface area (Å²) >= 11 is 0. The number of benzene rings is 2. The standard InChI is InChI=1S/C20H21F2NO4/c1-25-17-8-13(9-18(26-2)19(17)27-3)20(24)23-7-6-12(11-23)15-5-4-14(21)10-16(15)22/h4-5,8-10,12H,6-7,11H2,1-3H3. The predicted molar refractivity (Wildman–Crippen MR) is 95.7 cm³/mol. The summed E-state index contributed by atoms with van der Waals surface area (Å²) in [5.41, 5.74) is 0.821. The molecule has 1 aliphatic rings. The molecule has 0 saturated carbocycles. The van der Waals surface area contributed by atoms with Gasteiger partial charge in [0.15, 0.2) is 11.5 Å². The number of amides is 1. The molecule has 5 nitrogen and oxygen atoms in total. The third-order valence-electron chi connectivity index (χ3n) is 4.79. The number of halogens is 2. The van der Waals surface area contributed by atoms with Crippen molar-refractivity contribution in [1.29, 1.82) is 0 Å². The van der Waals surface area contributed by atoms with E-state index in [-0.39, 0.29) is 11.8 Å². The molecule has 1 unspecified atom stereocenters. The molecule has 144 valence electrons. The molecular formula is C20H21F2NO4. The van der Waals surface area contributed by atoms with Gasteiger partial charge in [-0.15, -0.1) is 0 Å². The molecule has 1 saturated heterocycles. The number of likely N-dealkylation sites (tertiary alicyclic amines) is 1. The van der Waals surface area contributed by atoms with Crippen LogP contribution in [-0.4, -0.2) is 45.2 Å². The molecule has 7 heteroatoms. The summed E-state index contributed by atoms with van der Waals surface area (Å²) in [6.45, 7) is 0.842. The molecule has 1 aliphatic heterocycles. The number of hydrogen-bond donors (Lipinski definition) is 0. The fourth-order valence-electron chi connectivity index (χ4n) is 3.42. The fourth-order valence-corrected chi connectivity index (χ4v) is 3.42. The van der Waals surface area contributed by atoms with E-state index in [1.54, 1.807) is 17.0 Å². The number of methoxy groups -OCH3 is 3. The van der Waals surface area contributed by atoms with Crippen LogP contribution in [0.4, 0.5) is 8.78 Å². The molecule has 2 aromatic carbocycles. The highest BCUT2D eigenvalue weighted by Gasteiger charge is 2.30. The van der Waals surface area contributed by atoms with Crippen LogP contribution in [-0.2, 0) is 0 Å². The first-order valence-electron chi connectivity index (χ1n) is 8.52. The van der Waals surface area contributed by atoms with Crippen molar-refractivity contribution >= 4 is 5.91 Å². The zero-order valence-corrected chi connectivity index (χ0v) is 15.4. The summed E-state index contributed by atoms with van der Waals surface area (Å²) in [6, 6.07) is 6.74. The minimum absolute atomic E-state index is 0.170. The Balaban J connectivity index is 1.83. The van der Waals surface area contributed by atoms with Gasteiger partial charge in [0.1, 0.15) is 11.6 Å². The highest BCUT2D eigenvalue weighted by atomic mass is 19.1. The van der Waals surface area contributed by atoms with Gasteiger partial charge in [0, 0.05) is 30.6 Å². The fraction of sp³-hybridized carbons (Fsp3) is 0.350. The molecule has 1 fully saturated rings. The van der Waals surface area contributed by atoms with E-state index in [0.29, 0.717) is 47.9 Å². The second-order valence-corrected chi connectivity index (χ2v) is 6.32. The molecular weight excluding hydrogens is 356 g/mol. The van der Waals surface area contributed by atoms with Crippen molar-refractivity contribution in [2.24, 2.45) is 0 Å². The van der Waals surface area contributed by atoms with Gasteiger partial charge in [-0.3, -0.25) is 4.79 Å². The average molecular weight is 377 g/mol. The zero-order chi connectivity index (χ0) is 19.6. The van der Waals surface area contributed by atoms with Gasteiger partial charge in [0.2, 0.25) is 5.75 Å². The third kappa shape index (κ3) is 3.67. The zero-order valence-electron chi connectivity index (χ0n) is 15.4. The maximum Gasteiger partial charge on any atom is 0.254 e. The average Bonchev–Trinajstić information content (AvgIpc) is 3.15. The molecule has 1 amide bonds. The van der Waals surface area contributed by atoms with Gasteiger partial charge in [-0.1, -0.05) is 6.07 Å². The lowest BCUT2D eigenvalue weighted by atomic mass is 9.98. The SMILES string of the molecule is COc1cc(C(=O)N2CCC(c3ccc(F)cc3F)C2)cc(OC)c1OC. The van der Waals surface area contributed by atoms with Gasteiger partial charge in [0.25, 0.3) is 5.91 Å². The summed E-state index contributed by atoms with van der Waals surface area (Å²) in [5.74, 6) is -0.386. The summed E-state index contributed by atoms with van der Waals surface area (Å²) in [5, 5.41) is 0. The van der Waals surface area contributed by atoms with E-state index in [9.17, 15) is 13.6 Å². The Labute approximate surface area is 156 Å². The van der Waals surface area contributed by atoms with Crippen molar-refractivity contribution in [3.8, 4) is 17.2 Å². The summed E-state index contributed by atoms with van der Waals surface area (Å²) in [6.07, 6.45) is 0.610. The Morgan fingerprint density at radius 2 is 1.70 bits per heavy atom. The second-order valence-electron chi connectivity index (χ2n) is 6.32. The lowest BCUT2D eigenvalue weighted by molar-refractivity contribution is 0.0789. The van der Waals surface area contributed by atoms with E-state index in [0.717, 1.165) is 6.07 Å². The highest BCUT2D eigenvalue weighted by Crippen LogP contribution is 2.39. The van der Waals surface area contributed by atoms with Gasteiger partial charge in [-0.2, -0.15) is 0 Å². The smallest absolute Gasteiger partial charge is 0.254 e. The van der Waals surface area contributed by atoms with Gasteiger partial charge < -0.3 is 19.1 Å². The third-order valence-corrected chi connectivity index (χ3v) is 4.79. The molecule has 0 N–H and O–H groups in total.